The predicted molar refractivity (Wildman–Crippen MR) is 81.7 cm³/mol. The number of hydrogen-bond acceptors (Lipinski definition) is 3. The second-order valence-electron chi connectivity index (χ2n) is 5.24. The summed E-state index contributed by atoms with van der Waals surface area (Å²) in [5.41, 5.74) is 2.63. The van der Waals surface area contributed by atoms with Crippen LogP contribution in [-0.4, -0.2) is 17.0 Å². The van der Waals surface area contributed by atoms with Gasteiger partial charge < -0.3 is 9.84 Å². The summed E-state index contributed by atoms with van der Waals surface area (Å²) in [5, 5.41) is 9.22. The number of ether oxygens (including phenoxy) is 1. The minimum atomic E-state index is -0.0366. The van der Waals surface area contributed by atoms with E-state index in [9.17, 15) is 9.90 Å². The van der Waals surface area contributed by atoms with Gasteiger partial charge in [-0.2, -0.15) is 0 Å². The highest BCUT2D eigenvalue weighted by atomic mass is 16.5. The lowest BCUT2D eigenvalue weighted by atomic mass is 10.0. The summed E-state index contributed by atoms with van der Waals surface area (Å²) in [5.74, 6) is 1.05. The Labute approximate surface area is 123 Å². The van der Waals surface area contributed by atoms with Gasteiger partial charge in [0, 0.05) is 12.0 Å². The molecule has 1 heterocycles. The van der Waals surface area contributed by atoms with Gasteiger partial charge in [0.2, 0.25) is 0 Å². The zero-order valence-electron chi connectivity index (χ0n) is 11.7. The molecule has 0 amide bonds. The molecule has 0 bridgehead atoms. The first-order valence-corrected chi connectivity index (χ1v) is 6.93. The number of carbonyl (C=O) groups is 1. The molecule has 1 unspecified atom stereocenters. The second-order valence-corrected chi connectivity index (χ2v) is 5.24. The summed E-state index contributed by atoms with van der Waals surface area (Å²) in [6, 6.07) is 12.3. The Hall–Kier alpha value is -2.55. The van der Waals surface area contributed by atoms with Crippen molar-refractivity contribution in [3.63, 3.8) is 0 Å². The van der Waals surface area contributed by atoms with Gasteiger partial charge in [0.25, 0.3) is 0 Å². The van der Waals surface area contributed by atoms with Crippen molar-refractivity contribution >= 4 is 11.9 Å². The van der Waals surface area contributed by atoms with Gasteiger partial charge in [-0.15, -0.1) is 0 Å². The summed E-state index contributed by atoms with van der Waals surface area (Å²) in [6.45, 7) is 2.02. The van der Waals surface area contributed by atoms with Crippen LogP contribution in [0.25, 0.3) is 6.08 Å². The van der Waals surface area contributed by atoms with Crippen LogP contribution in [0.2, 0.25) is 0 Å². The Morgan fingerprint density at radius 3 is 2.76 bits per heavy atom. The first-order chi connectivity index (χ1) is 10.1. The predicted octanol–water partition coefficient (Wildman–Crippen LogP) is 3.61. The highest BCUT2D eigenvalue weighted by Crippen LogP contribution is 2.29. The molecule has 3 rings (SSSR count). The molecule has 0 fully saturated rings. The van der Waals surface area contributed by atoms with E-state index in [1.54, 1.807) is 42.5 Å². The molecule has 0 saturated heterocycles. The first-order valence-electron chi connectivity index (χ1n) is 6.93. The molecule has 0 spiro atoms. The Bertz CT molecular complexity index is 699. The van der Waals surface area contributed by atoms with Crippen LogP contribution in [0.15, 0.2) is 48.5 Å². The largest absolute Gasteiger partial charge is 0.508 e. The third-order valence-corrected chi connectivity index (χ3v) is 3.50. The lowest BCUT2D eigenvalue weighted by Crippen LogP contribution is -2.05. The second kappa shape index (κ2) is 5.44. The Balaban J connectivity index is 1.77. The van der Waals surface area contributed by atoms with E-state index in [1.807, 2.05) is 19.1 Å². The maximum atomic E-state index is 12.2. The molecule has 1 atom stereocenters. The first kappa shape index (κ1) is 13.4. The molecule has 0 aliphatic carbocycles. The Kier molecular flexibility index (Phi) is 3.48. The standard InChI is InChI=1S/C18H16O3/c1-12-10-15-11-14(5-9-18(15)21-12)17(20)8-4-13-2-6-16(19)7-3-13/h2-9,11-12,19H,10H2,1H3/b8-4+. The SMILES string of the molecule is CC1Cc2cc(C(=O)/C=C/c3ccc(O)cc3)ccc2O1. The lowest BCUT2D eigenvalue weighted by Gasteiger charge is -2.02. The topological polar surface area (TPSA) is 46.5 Å². The van der Waals surface area contributed by atoms with Crippen molar-refractivity contribution in [2.24, 2.45) is 0 Å². The molecule has 1 aliphatic heterocycles. The van der Waals surface area contributed by atoms with Crippen molar-refractivity contribution in [1.29, 1.82) is 0 Å². The number of hydrogen-bond donors (Lipinski definition) is 1. The number of aromatic hydroxyl groups is 1. The summed E-state index contributed by atoms with van der Waals surface area (Å²) in [6.07, 6.45) is 4.32. The van der Waals surface area contributed by atoms with Crippen LogP contribution in [0, 0.1) is 0 Å². The fourth-order valence-electron chi connectivity index (χ4n) is 2.43. The van der Waals surface area contributed by atoms with Crippen molar-refractivity contribution in [1.82, 2.24) is 0 Å². The van der Waals surface area contributed by atoms with Gasteiger partial charge in [0.15, 0.2) is 5.78 Å². The van der Waals surface area contributed by atoms with Crippen LogP contribution < -0.4 is 4.74 Å². The van der Waals surface area contributed by atoms with Gasteiger partial charge in [-0.1, -0.05) is 18.2 Å². The molecule has 3 heteroatoms. The normalized spacial score (nSPS) is 16.7. The Morgan fingerprint density at radius 1 is 1.24 bits per heavy atom. The van der Waals surface area contributed by atoms with Gasteiger partial charge in [-0.3, -0.25) is 4.79 Å². The monoisotopic (exact) mass is 280 g/mol. The van der Waals surface area contributed by atoms with Gasteiger partial charge in [-0.25, -0.2) is 0 Å². The fraction of sp³-hybridized carbons (Fsp3) is 0.167. The van der Waals surface area contributed by atoms with E-state index in [2.05, 4.69) is 0 Å². The van der Waals surface area contributed by atoms with Crippen LogP contribution in [0.1, 0.15) is 28.4 Å². The fourth-order valence-corrected chi connectivity index (χ4v) is 2.43. The van der Waals surface area contributed by atoms with Gasteiger partial charge in [0.05, 0.1) is 0 Å². The van der Waals surface area contributed by atoms with Crippen molar-refractivity contribution in [2.45, 2.75) is 19.4 Å². The average molecular weight is 280 g/mol. The van der Waals surface area contributed by atoms with E-state index >= 15 is 0 Å². The zero-order valence-corrected chi connectivity index (χ0v) is 11.7. The third-order valence-electron chi connectivity index (χ3n) is 3.50. The zero-order chi connectivity index (χ0) is 14.8. The highest BCUT2D eigenvalue weighted by Gasteiger charge is 2.19. The van der Waals surface area contributed by atoms with Crippen LogP contribution >= 0.6 is 0 Å². The number of carbonyl (C=O) groups excluding carboxylic acids is 1. The third kappa shape index (κ3) is 2.97. The summed E-state index contributed by atoms with van der Waals surface area (Å²) >= 11 is 0. The number of benzene rings is 2. The van der Waals surface area contributed by atoms with Crippen molar-refractivity contribution in [3.8, 4) is 11.5 Å². The molecular weight excluding hydrogens is 264 g/mol. The molecule has 2 aromatic rings. The van der Waals surface area contributed by atoms with Crippen molar-refractivity contribution in [3.05, 3.63) is 65.2 Å². The van der Waals surface area contributed by atoms with E-state index in [-0.39, 0.29) is 17.6 Å². The Morgan fingerprint density at radius 2 is 2.00 bits per heavy atom. The molecule has 0 aromatic heterocycles. The molecule has 2 aromatic carbocycles. The van der Waals surface area contributed by atoms with Crippen LogP contribution in [0.4, 0.5) is 0 Å². The van der Waals surface area contributed by atoms with E-state index in [0.29, 0.717) is 5.56 Å². The quantitative estimate of drug-likeness (QED) is 0.690. The van der Waals surface area contributed by atoms with Crippen LogP contribution in [-0.2, 0) is 6.42 Å². The van der Waals surface area contributed by atoms with E-state index in [1.165, 1.54) is 0 Å². The number of rotatable bonds is 3. The minimum absolute atomic E-state index is 0.0366. The molecule has 1 N–H and O–H groups in total. The van der Waals surface area contributed by atoms with Crippen molar-refractivity contribution < 1.29 is 14.6 Å². The van der Waals surface area contributed by atoms with Gasteiger partial charge >= 0.3 is 0 Å². The smallest absolute Gasteiger partial charge is 0.185 e. The molecule has 0 radical (unpaired) electrons. The van der Waals surface area contributed by atoms with Gasteiger partial charge in [-0.05, 0) is 54.5 Å². The number of phenols is 1. The number of phenolic OH excluding ortho intramolecular Hbond substituents is 1. The maximum absolute atomic E-state index is 12.2. The molecule has 1 aliphatic rings. The summed E-state index contributed by atoms with van der Waals surface area (Å²) in [7, 11) is 0. The number of allylic oxidation sites excluding steroid dienone is 1. The molecule has 3 nitrogen and oxygen atoms in total. The average Bonchev–Trinajstić information content (AvgIpc) is 2.85. The summed E-state index contributed by atoms with van der Waals surface area (Å²) in [4.78, 5) is 12.2. The highest BCUT2D eigenvalue weighted by molar-refractivity contribution is 6.07. The number of fused-ring (bicyclic) bond motifs is 1. The molecule has 106 valence electrons. The number of ketones is 1. The summed E-state index contributed by atoms with van der Waals surface area (Å²) < 4.78 is 5.63. The van der Waals surface area contributed by atoms with E-state index < -0.39 is 0 Å². The molecule has 0 saturated carbocycles. The lowest BCUT2D eigenvalue weighted by molar-refractivity contribution is 0.104. The van der Waals surface area contributed by atoms with Gasteiger partial charge in [0.1, 0.15) is 17.6 Å². The molecular formula is C18H16O3. The van der Waals surface area contributed by atoms with Crippen LogP contribution in [0.3, 0.4) is 0 Å². The molecule has 21 heavy (non-hydrogen) atoms. The maximum Gasteiger partial charge on any atom is 0.185 e. The van der Waals surface area contributed by atoms with E-state index in [4.69, 9.17) is 4.74 Å². The minimum Gasteiger partial charge on any atom is -0.508 e. The van der Waals surface area contributed by atoms with Crippen LogP contribution in [0.5, 0.6) is 11.5 Å². The van der Waals surface area contributed by atoms with E-state index in [0.717, 1.165) is 23.3 Å². The van der Waals surface area contributed by atoms with Crippen molar-refractivity contribution in [2.75, 3.05) is 0 Å².